The standard InChI is InChI=1S/C15H24N5.Fe.2H2O/c1-12-14-4-3-5-15(20-14)13(2)19-11-9-17-7-6-16-8-10-18-12;;;/h3-5,14,16-17H,6-11H2,1-2H3;;2*1H2/q-1;+5;;/p+2. The third-order valence-corrected chi connectivity index (χ3v) is 3.39. The van der Waals surface area contributed by atoms with E-state index in [4.69, 9.17) is 5.32 Å². The molecule has 2 rings (SSSR count). The molecule has 0 aromatic carbocycles. The first kappa shape index (κ1) is 24.2. The summed E-state index contributed by atoms with van der Waals surface area (Å²) < 4.78 is 0. The summed E-state index contributed by atoms with van der Waals surface area (Å²) in [4.78, 5) is 9.18. The summed E-state index contributed by atoms with van der Waals surface area (Å²) in [5.41, 5.74) is 3.04. The van der Waals surface area contributed by atoms with Gasteiger partial charge in [0.2, 0.25) is 0 Å². The minimum Gasteiger partial charge on any atom is -0.672 e. The van der Waals surface area contributed by atoms with Gasteiger partial charge in [-0.2, -0.15) is 0 Å². The summed E-state index contributed by atoms with van der Waals surface area (Å²) in [7, 11) is 0. The van der Waals surface area contributed by atoms with E-state index in [9.17, 15) is 0 Å². The number of rotatable bonds is 0. The molecule has 1 radical (unpaired) electrons. The van der Waals surface area contributed by atoms with Gasteiger partial charge in [-0.25, -0.2) is 0 Å². The maximum atomic E-state index is 4.73. The van der Waals surface area contributed by atoms with Crippen molar-refractivity contribution >= 4 is 11.4 Å². The molecule has 0 saturated carbocycles. The Balaban J connectivity index is 0. The van der Waals surface area contributed by atoms with E-state index in [-0.39, 0.29) is 34.1 Å². The first-order valence-electron chi connectivity index (χ1n) is 7.30. The predicted octanol–water partition coefficient (Wildman–Crippen LogP) is -0.549. The summed E-state index contributed by atoms with van der Waals surface area (Å²) in [6.07, 6.45) is 6.16. The van der Waals surface area contributed by atoms with Crippen LogP contribution in [0.3, 0.4) is 0 Å². The molecule has 2 aliphatic rings. The van der Waals surface area contributed by atoms with Gasteiger partial charge in [0.1, 0.15) is 0 Å². The fourth-order valence-corrected chi connectivity index (χ4v) is 2.15. The normalized spacial score (nSPS) is 22.2. The van der Waals surface area contributed by atoms with Gasteiger partial charge < -0.3 is 26.9 Å². The fourth-order valence-electron chi connectivity index (χ4n) is 2.15. The van der Waals surface area contributed by atoms with Crippen molar-refractivity contribution in [1.82, 2.24) is 10.6 Å². The van der Waals surface area contributed by atoms with E-state index >= 15 is 0 Å². The molecule has 8 N–H and O–H groups in total. The number of aliphatic imine (C=N–C) groups is 2. The van der Waals surface area contributed by atoms with E-state index in [0.29, 0.717) is 0 Å². The Labute approximate surface area is 148 Å². The molecule has 8 heteroatoms. The van der Waals surface area contributed by atoms with Gasteiger partial charge >= 0.3 is 17.1 Å². The monoisotopic (exact) mass is 368 g/mol. The second-order valence-electron chi connectivity index (χ2n) is 5.00. The van der Waals surface area contributed by atoms with Gasteiger partial charge in [-0.3, -0.25) is 9.98 Å². The van der Waals surface area contributed by atoms with Crippen LogP contribution >= 0.6 is 0 Å². The van der Waals surface area contributed by atoms with Crippen molar-refractivity contribution in [2.24, 2.45) is 9.98 Å². The number of hydrogen-bond donors (Lipinski definition) is 2. The second-order valence-corrected chi connectivity index (χ2v) is 5.00. The molecule has 1 unspecified atom stereocenters. The van der Waals surface area contributed by atoms with Gasteiger partial charge in [-0.1, -0.05) is 24.3 Å². The average Bonchev–Trinajstić information content (AvgIpc) is 2.48. The summed E-state index contributed by atoms with van der Waals surface area (Å²) in [6, 6.07) is 0.0587. The van der Waals surface area contributed by atoms with Crippen LogP contribution in [0, 0.1) is 0 Å². The molecule has 7 nitrogen and oxygen atoms in total. The molecule has 0 amide bonds. The molecule has 129 valence electrons. The Bertz CT molecular complexity index is 449. The van der Waals surface area contributed by atoms with Gasteiger partial charge in [0.25, 0.3) is 0 Å². The van der Waals surface area contributed by atoms with Crippen LogP contribution in [-0.2, 0) is 28.0 Å². The third kappa shape index (κ3) is 8.41. The van der Waals surface area contributed by atoms with Crippen LogP contribution in [0.2, 0.25) is 0 Å². The van der Waals surface area contributed by atoms with Crippen LogP contribution in [0.4, 0.5) is 0 Å². The van der Waals surface area contributed by atoms with Crippen LogP contribution in [-0.4, -0.2) is 56.7 Å². The Morgan fingerprint density at radius 2 is 1.61 bits per heavy atom. The minimum atomic E-state index is 0. The van der Waals surface area contributed by atoms with E-state index in [1.54, 1.807) is 0 Å². The van der Waals surface area contributed by atoms with E-state index < -0.39 is 0 Å². The quantitative estimate of drug-likeness (QED) is 0.439. The van der Waals surface area contributed by atoms with Crippen molar-refractivity contribution in [2.45, 2.75) is 19.9 Å². The third-order valence-electron chi connectivity index (χ3n) is 3.39. The molecule has 2 bridgehead atoms. The smallest absolute Gasteiger partial charge is 0.672 e. The largest absolute Gasteiger partial charge is 5.00 e. The van der Waals surface area contributed by atoms with Gasteiger partial charge in [0, 0.05) is 31.9 Å². The molecule has 23 heavy (non-hydrogen) atoms. The van der Waals surface area contributed by atoms with Crippen LogP contribution < -0.4 is 10.6 Å². The van der Waals surface area contributed by atoms with Crippen molar-refractivity contribution in [3.63, 3.8) is 0 Å². The SMILES string of the molecule is CC1=NCCNCCNCCN=C(C)C2C=CC=C1[N-]2.[Fe+5].[OH3+].[OH3+]. The summed E-state index contributed by atoms with van der Waals surface area (Å²) >= 11 is 0. The van der Waals surface area contributed by atoms with Crippen LogP contribution in [0.5, 0.6) is 0 Å². The molecule has 1 atom stereocenters. The first-order valence-corrected chi connectivity index (χ1v) is 7.30. The predicted molar refractivity (Wildman–Crippen MR) is 95.8 cm³/mol. The zero-order valence-electron chi connectivity index (χ0n) is 13.9. The molecule has 0 spiro atoms. The van der Waals surface area contributed by atoms with E-state index in [0.717, 1.165) is 56.4 Å². The fraction of sp³-hybridized carbons (Fsp3) is 0.600. The Morgan fingerprint density at radius 1 is 1.00 bits per heavy atom. The van der Waals surface area contributed by atoms with Gasteiger partial charge in [0.15, 0.2) is 0 Å². The van der Waals surface area contributed by atoms with Gasteiger partial charge in [-0.15, -0.1) is 5.70 Å². The van der Waals surface area contributed by atoms with Gasteiger partial charge in [0.05, 0.1) is 13.1 Å². The number of nitrogens with one attached hydrogen (secondary N) is 2. The maximum Gasteiger partial charge on any atom is 5.00 e. The summed E-state index contributed by atoms with van der Waals surface area (Å²) in [5.74, 6) is 0. The number of fused-ring (bicyclic) bond motifs is 2. The molecular weight excluding hydrogens is 338 g/mol. The Kier molecular flexibility index (Phi) is 14.1. The van der Waals surface area contributed by atoms with E-state index in [2.05, 4.69) is 32.8 Å². The van der Waals surface area contributed by atoms with Gasteiger partial charge in [-0.05, 0) is 19.6 Å². The molecule has 0 fully saturated rings. The number of nitrogens with zero attached hydrogens (tertiary/aromatic N) is 3. The molecule has 0 saturated heterocycles. The van der Waals surface area contributed by atoms with Crippen molar-refractivity contribution in [2.75, 3.05) is 39.3 Å². The molecule has 0 aromatic heterocycles. The summed E-state index contributed by atoms with van der Waals surface area (Å²) in [6.45, 7) is 9.42. The van der Waals surface area contributed by atoms with Crippen molar-refractivity contribution < 1.29 is 28.0 Å². The Hall–Kier alpha value is -1.02. The Morgan fingerprint density at radius 3 is 2.26 bits per heavy atom. The number of allylic oxidation sites excluding steroid dienone is 3. The topological polar surface area (TPSA) is 129 Å². The zero-order valence-corrected chi connectivity index (χ0v) is 15.0. The van der Waals surface area contributed by atoms with Crippen LogP contribution in [0.15, 0.2) is 33.9 Å². The second kappa shape index (κ2) is 13.4. The van der Waals surface area contributed by atoms with Crippen molar-refractivity contribution in [3.8, 4) is 0 Å². The maximum absolute atomic E-state index is 4.73. The van der Waals surface area contributed by atoms with Crippen molar-refractivity contribution in [3.05, 3.63) is 29.2 Å². The van der Waals surface area contributed by atoms with Crippen LogP contribution in [0.25, 0.3) is 5.32 Å². The first-order chi connectivity index (χ1) is 9.77. The summed E-state index contributed by atoms with van der Waals surface area (Å²) in [5, 5.41) is 11.5. The van der Waals surface area contributed by atoms with E-state index in [1.165, 1.54) is 0 Å². The van der Waals surface area contributed by atoms with Crippen molar-refractivity contribution in [1.29, 1.82) is 0 Å². The minimum absolute atomic E-state index is 0. The molecule has 0 aliphatic carbocycles. The molecular formula is C15H30FeN5O2+6. The molecule has 2 aliphatic heterocycles. The average molecular weight is 368 g/mol. The van der Waals surface area contributed by atoms with Crippen LogP contribution in [0.1, 0.15) is 13.8 Å². The zero-order chi connectivity index (χ0) is 14.2. The number of hydrogen-bond acceptors (Lipinski definition) is 4. The van der Waals surface area contributed by atoms with E-state index in [1.807, 2.05) is 19.9 Å². The molecule has 2 heterocycles. The molecule has 0 aromatic rings.